The van der Waals surface area contributed by atoms with Crippen LogP contribution in [0.3, 0.4) is 0 Å². The van der Waals surface area contributed by atoms with Gasteiger partial charge in [0.1, 0.15) is 0 Å². The molecule has 92 valence electrons. The molecular formula is C10H11NO4S2. The molecule has 0 fully saturated rings. The Kier molecular flexibility index (Phi) is 2.55. The zero-order valence-electron chi connectivity index (χ0n) is 9.04. The molecule has 1 aliphatic rings. The molecule has 7 heteroatoms. The molecule has 0 aliphatic carbocycles. The molecular weight excluding hydrogens is 262 g/mol. The fourth-order valence-corrected chi connectivity index (χ4v) is 4.23. The van der Waals surface area contributed by atoms with Crippen LogP contribution in [-0.2, 0) is 19.7 Å². The first-order chi connectivity index (χ1) is 7.71. The van der Waals surface area contributed by atoms with E-state index in [1.54, 1.807) is 6.07 Å². The van der Waals surface area contributed by atoms with Crippen molar-refractivity contribution in [2.75, 3.05) is 17.7 Å². The summed E-state index contributed by atoms with van der Waals surface area (Å²) in [7, 11) is -6.86. The largest absolute Gasteiger partial charge is 0.398 e. The Morgan fingerprint density at radius 1 is 1.29 bits per heavy atom. The highest BCUT2D eigenvalue weighted by atomic mass is 32.2. The smallest absolute Gasteiger partial charge is 0.200 e. The normalized spacial score (nSPS) is 17.6. The van der Waals surface area contributed by atoms with E-state index in [-0.39, 0.29) is 21.9 Å². The molecule has 0 saturated carbocycles. The minimum absolute atomic E-state index is 0.0798. The number of fused-ring (bicyclic) bond motifs is 1. The standard InChI is InChI=1S/C10H11NO4S2/c1-16(12,13)5-7-6-17(14,15)9-4-2-3-8(11)10(7)9/h2-4,6H,5,11H2,1H3. The molecule has 1 aliphatic heterocycles. The Morgan fingerprint density at radius 3 is 2.53 bits per heavy atom. The van der Waals surface area contributed by atoms with E-state index < -0.39 is 19.7 Å². The maximum absolute atomic E-state index is 11.8. The van der Waals surface area contributed by atoms with Gasteiger partial charge in [0.25, 0.3) is 0 Å². The van der Waals surface area contributed by atoms with Gasteiger partial charge in [0, 0.05) is 22.9 Å². The molecule has 0 aromatic heterocycles. The number of anilines is 1. The Hall–Kier alpha value is -1.34. The van der Waals surface area contributed by atoms with E-state index in [1.165, 1.54) is 12.1 Å². The van der Waals surface area contributed by atoms with Gasteiger partial charge in [0.05, 0.1) is 10.6 Å². The second-order valence-corrected chi connectivity index (χ2v) is 7.88. The summed E-state index contributed by atoms with van der Waals surface area (Å²) < 4.78 is 46.0. The lowest BCUT2D eigenvalue weighted by atomic mass is 10.1. The van der Waals surface area contributed by atoms with Gasteiger partial charge in [-0.1, -0.05) is 6.07 Å². The molecule has 17 heavy (non-hydrogen) atoms. The lowest BCUT2D eigenvalue weighted by Gasteiger charge is -2.06. The Labute approximate surface area is 99.8 Å². The number of hydrogen-bond donors (Lipinski definition) is 1. The fraction of sp³-hybridized carbons (Fsp3) is 0.200. The SMILES string of the molecule is CS(=O)(=O)CC1=CS(=O)(=O)c2cccc(N)c21. The molecule has 0 saturated heterocycles. The first kappa shape index (κ1) is 12.1. The van der Waals surface area contributed by atoms with Crippen LogP contribution in [0.15, 0.2) is 28.5 Å². The highest BCUT2D eigenvalue weighted by Gasteiger charge is 2.29. The van der Waals surface area contributed by atoms with E-state index in [4.69, 9.17) is 5.73 Å². The van der Waals surface area contributed by atoms with Crippen molar-refractivity contribution in [3.05, 3.63) is 29.2 Å². The number of nitrogens with two attached hydrogens (primary N) is 1. The number of nitrogen functional groups attached to an aromatic ring is 1. The van der Waals surface area contributed by atoms with E-state index in [0.29, 0.717) is 5.56 Å². The van der Waals surface area contributed by atoms with E-state index in [1.807, 2.05) is 0 Å². The fourth-order valence-electron chi connectivity index (χ4n) is 1.83. The highest BCUT2D eigenvalue weighted by molar-refractivity contribution is 7.95. The van der Waals surface area contributed by atoms with Gasteiger partial charge >= 0.3 is 0 Å². The summed E-state index contributed by atoms with van der Waals surface area (Å²) in [4.78, 5) is 0.0798. The summed E-state index contributed by atoms with van der Waals surface area (Å²) in [6.07, 6.45) is 1.05. The van der Waals surface area contributed by atoms with Crippen molar-refractivity contribution in [2.24, 2.45) is 0 Å². The number of sulfone groups is 2. The molecule has 1 heterocycles. The zero-order chi connectivity index (χ0) is 12.8. The van der Waals surface area contributed by atoms with Gasteiger partial charge in [0.15, 0.2) is 9.84 Å². The second-order valence-electron chi connectivity index (χ2n) is 3.98. The molecule has 2 N–H and O–H groups in total. The van der Waals surface area contributed by atoms with Crippen molar-refractivity contribution < 1.29 is 16.8 Å². The molecule has 0 amide bonds. The van der Waals surface area contributed by atoms with Crippen molar-refractivity contribution in [1.82, 2.24) is 0 Å². The van der Waals surface area contributed by atoms with Crippen molar-refractivity contribution in [3.8, 4) is 0 Å². The quantitative estimate of drug-likeness (QED) is 0.789. The Morgan fingerprint density at radius 2 is 1.94 bits per heavy atom. The molecule has 0 spiro atoms. The first-order valence-electron chi connectivity index (χ1n) is 4.73. The molecule has 0 atom stereocenters. The van der Waals surface area contributed by atoms with Gasteiger partial charge in [-0.15, -0.1) is 0 Å². The van der Waals surface area contributed by atoms with Crippen molar-refractivity contribution in [2.45, 2.75) is 4.90 Å². The summed E-state index contributed by atoms with van der Waals surface area (Å²) in [5.41, 5.74) is 6.53. The van der Waals surface area contributed by atoms with Crippen LogP contribution in [0.5, 0.6) is 0 Å². The first-order valence-corrected chi connectivity index (χ1v) is 8.34. The summed E-state index contributed by atoms with van der Waals surface area (Å²) >= 11 is 0. The average molecular weight is 273 g/mol. The lowest BCUT2D eigenvalue weighted by molar-refractivity contribution is 0.603. The monoisotopic (exact) mass is 273 g/mol. The van der Waals surface area contributed by atoms with Crippen LogP contribution in [0, 0.1) is 0 Å². The number of rotatable bonds is 2. The summed E-state index contributed by atoms with van der Waals surface area (Å²) in [6.45, 7) is 0. The summed E-state index contributed by atoms with van der Waals surface area (Å²) in [6, 6.07) is 4.51. The van der Waals surface area contributed by atoms with Crippen LogP contribution < -0.4 is 5.73 Å². The predicted octanol–water partition coefficient (Wildman–Crippen LogP) is 0.442. The minimum atomic E-state index is -3.56. The third kappa shape index (κ3) is 2.20. The summed E-state index contributed by atoms with van der Waals surface area (Å²) in [5, 5.41) is 0.981. The van der Waals surface area contributed by atoms with E-state index in [9.17, 15) is 16.8 Å². The summed E-state index contributed by atoms with van der Waals surface area (Å²) in [5.74, 6) is -0.326. The van der Waals surface area contributed by atoms with Crippen LogP contribution >= 0.6 is 0 Å². The van der Waals surface area contributed by atoms with Gasteiger partial charge in [-0.25, -0.2) is 16.8 Å². The maximum atomic E-state index is 11.8. The van der Waals surface area contributed by atoms with E-state index in [2.05, 4.69) is 0 Å². The van der Waals surface area contributed by atoms with E-state index >= 15 is 0 Å². The maximum Gasteiger partial charge on any atom is 0.200 e. The van der Waals surface area contributed by atoms with Gasteiger partial charge in [-0.05, 0) is 17.7 Å². The number of benzene rings is 1. The predicted molar refractivity (Wildman–Crippen MR) is 65.7 cm³/mol. The van der Waals surface area contributed by atoms with Gasteiger partial charge in [0.2, 0.25) is 9.84 Å². The molecule has 0 radical (unpaired) electrons. The van der Waals surface area contributed by atoms with Crippen LogP contribution in [0.2, 0.25) is 0 Å². The highest BCUT2D eigenvalue weighted by Crippen LogP contribution is 2.37. The molecule has 2 rings (SSSR count). The van der Waals surface area contributed by atoms with Crippen LogP contribution in [0.1, 0.15) is 5.56 Å². The molecule has 0 bridgehead atoms. The van der Waals surface area contributed by atoms with Crippen molar-refractivity contribution >= 4 is 30.9 Å². The van der Waals surface area contributed by atoms with Gasteiger partial charge in [-0.2, -0.15) is 0 Å². The molecule has 1 aromatic carbocycles. The topological polar surface area (TPSA) is 94.3 Å². The number of hydrogen-bond acceptors (Lipinski definition) is 5. The van der Waals surface area contributed by atoms with Crippen LogP contribution in [0.25, 0.3) is 5.57 Å². The zero-order valence-corrected chi connectivity index (χ0v) is 10.7. The third-order valence-corrected chi connectivity index (χ3v) is 4.78. The molecule has 1 aromatic rings. The van der Waals surface area contributed by atoms with Gasteiger partial charge in [-0.3, -0.25) is 0 Å². The van der Waals surface area contributed by atoms with Crippen LogP contribution in [-0.4, -0.2) is 28.8 Å². The third-order valence-electron chi connectivity index (χ3n) is 2.40. The average Bonchev–Trinajstić information content (AvgIpc) is 2.36. The van der Waals surface area contributed by atoms with Crippen LogP contribution in [0.4, 0.5) is 5.69 Å². The molecule has 5 nitrogen and oxygen atoms in total. The van der Waals surface area contributed by atoms with Gasteiger partial charge < -0.3 is 5.73 Å². The second kappa shape index (κ2) is 3.58. The Bertz CT molecular complexity index is 715. The Balaban J connectivity index is 2.68. The minimum Gasteiger partial charge on any atom is -0.398 e. The van der Waals surface area contributed by atoms with E-state index in [0.717, 1.165) is 11.7 Å². The molecule has 0 unspecified atom stereocenters. The van der Waals surface area contributed by atoms with Crippen molar-refractivity contribution in [1.29, 1.82) is 0 Å². The van der Waals surface area contributed by atoms with Crippen molar-refractivity contribution in [3.63, 3.8) is 0 Å². The lowest BCUT2D eigenvalue weighted by Crippen LogP contribution is -2.05.